The fourth-order valence-electron chi connectivity index (χ4n) is 2.40. The van der Waals surface area contributed by atoms with Gasteiger partial charge in [0.2, 0.25) is 20.2 Å². The lowest BCUT2D eigenvalue weighted by Crippen LogP contribution is -2.43. The molecule has 1 aliphatic carbocycles. The Kier molecular flexibility index (Phi) is 4.06. The van der Waals surface area contributed by atoms with Crippen LogP contribution in [0.25, 0.3) is 0 Å². The molecule has 1 saturated heterocycles. The van der Waals surface area contributed by atoms with Gasteiger partial charge in [0.1, 0.15) is 0 Å². The van der Waals surface area contributed by atoms with E-state index in [1.54, 1.807) is 0 Å². The molecule has 0 bridgehead atoms. The van der Waals surface area contributed by atoms with Gasteiger partial charge in [-0.2, -0.15) is 13.2 Å². The summed E-state index contributed by atoms with van der Waals surface area (Å²) < 4.78 is 63.0. The molecule has 2 heterocycles. The maximum atomic E-state index is 12.5. The summed E-state index contributed by atoms with van der Waals surface area (Å²) in [5, 5.41) is 8.43. The molecule has 124 valence electrons. The van der Waals surface area contributed by atoms with Crippen LogP contribution >= 0.6 is 11.3 Å². The molecule has 3 rings (SSSR count). The highest BCUT2D eigenvalue weighted by Gasteiger charge is 2.41. The Hall–Kier alpha value is -0.940. The number of nitrogens with zero attached hydrogens (tertiary/aromatic N) is 3. The Morgan fingerprint density at radius 3 is 2.27 bits per heavy atom. The molecule has 0 radical (unpaired) electrons. The third kappa shape index (κ3) is 3.35. The number of aromatic nitrogens is 2. The van der Waals surface area contributed by atoms with Gasteiger partial charge in [-0.1, -0.05) is 11.3 Å². The molecule has 0 unspecified atom stereocenters. The van der Waals surface area contributed by atoms with Gasteiger partial charge in [0.25, 0.3) is 0 Å². The summed E-state index contributed by atoms with van der Waals surface area (Å²) >= 11 is 0.465. The quantitative estimate of drug-likeness (QED) is 0.892. The Labute approximate surface area is 129 Å². The maximum absolute atomic E-state index is 12.5. The van der Waals surface area contributed by atoms with Crippen molar-refractivity contribution in [3.63, 3.8) is 0 Å². The van der Waals surface area contributed by atoms with Crippen molar-refractivity contribution in [3.05, 3.63) is 5.01 Å². The van der Waals surface area contributed by atoms with Crippen LogP contribution in [0.1, 0.15) is 30.7 Å². The van der Waals surface area contributed by atoms with Gasteiger partial charge in [-0.25, -0.2) is 12.7 Å². The van der Waals surface area contributed by atoms with Crippen molar-refractivity contribution < 1.29 is 21.6 Å². The van der Waals surface area contributed by atoms with Crippen LogP contribution in [0.2, 0.25) is 0 Å². The normalized spacial score (nSPS) is 22.0. The number of rotatable bonds is 4. The molecule has 0 amide bonds. The van der Waals surface area contributed by atoms with Crippen molar-refractivity contribution in [1.82, 2.24) is 14.5 Å². The zero-order valence-electron chi connectivity index (χ0n) is 11.5. The van der Waals surface area contributed by atoms with Crippen LogP contribution in [0, 0.1) is 0 Å². The number of alkyl halides is 3. The maximum Gasteiger partial charge on any atom is 0.445 e. The number of sulfonamides is 1. The average Bonchev–Trinajstić information content (AvgIpc) is 3.20. The summed E-state index contributed by atoms with van der Waals surface area (Å²) in [6.07, 6.45) is -1.93. The van der Waals surface area contributed by atoms with Crippen molar-refractivity contribution in [2.24, 2.45) is 0 Å². The SMILES string of the molecule is O=S(=O)(C1CC1)N1CCC(Nc2nnc(C(F)(F)F)s2)CC1. The zero-order valence-corrected chi connectivity index (χ0v) is 13.1. The van der Waals surface area contributed by atoms with Crippen LogP contribution in [0.15, 0.2) is 0 Å². The monoisotopic (exact) mass is 356 g/mol. The fourth-order valence-corrected chi connectivity index (χ4v) is 4.96. The molecule has 1 aromatic heterocycles. The van der Waals surface area contributed by atoms with Crippen molar-refractivity contribution in [2.75, 3.05) is 18.4 Å². The second-order valence-electron chi connectivity index (χ2n) is 5.47. The van der Waals surface area contributed by atoms with Crippen LogP contribution in [-0.4, -0.2) is 47.3 Å². The van der Waals surface area contributed by atoms with E-state index in [9.17, 15) is 21.6 Å². The van der Waals surface area contributed by atoms with Gasteiger partial charge in [0, 0.05) is 19.1 Å². The molecule has 6 nitrogen and oxygen atoms in total. The van der Waals surface area contributed by atoms with Crippen LogP contribution in [0.4, 0.5) is 18.3 Å². The van der Waals surface area contributed by atoms with Gasteiger partial charge in [-0.05, 0) is 25.7 Å². The Balaban J connectivity index is 1.55. The minimum absolute atomic E-state index is 0.0836. The van der Waals surface area contributed by atoms with Gasteiger partial charge < -0.3 is 5.32 Å². The standard InChI is InChI=1S/C11H15F3N4O2S2/c12-11(13,14)9-16-17-10(21-9)15-7-3-5-18(6-4-7)22(19,20)8-1-2-8/h7-8H,1-6H2,(H,15,17). The lowest BCUT2D eigenvalue weighted by Gasteiger charge is -2.31. The Morgan fingerprint density at radius 1 is 1.14 bits per heavy atom. The highest BCUT2D eigenvalue weighted by Crippen LogP contribution is 2.35. The number of halogens is 3. The Bertz CT molecular complexity index is 634. The molecule has 1 aliphatic heterocycles. The molecular formula is C11H15F3N4O2S2. The molecule has 0 aromatic carbocycles. The van der Waals surface area contributed by atoms with E-state index in [0.717, 1.165) is 12.8 Å². The summed E-state index contributed by atoms with van der Waals surface area (Å²) in [7, 11) is -3.17. The zero-order chi connectivity index (χ0) is 16.0. The highest BCUT2D eigenvalue weighted by molar-refractivity contribution is 7.90. The van der Waals surface area contributed by atoms with Crippen molar-refractivity contribution in [3.8, 4) is 0 Å². The minimum Gasteiger partial charge on any atom is -0.357 e. The van der Waals surface area contributed by atoms with E-state index in [-0.39, 0.29) is 16.4 Å². The van der Waals surface area contributed by atoms with Crippen LogP contribution < -0.4 is 5.32 Å². The predicted octanol–water partition coefficient (Wildman–Crippen LogP) is 1.93. The smallest absolute Gasteiger partial charge is 0.357 e. The van der Waals surface area contributed by atoms with Crippen molar-refractivity contribution in [1.29, 1.82) is 0 Å². The number of piperidine rings is 1. The second kappa shape index (κ2) is 5.60. The molecular weight excluding hydrogens is 341 g/mol. The van der Waals surface area contributed by atoms with Gasteiger partial charge in [0.05, 0.1) is 5.25 Å². The van der Waals surface area contributed by atoms with E-state index < -0.39 is 21.2 Å². The lowest BCUT2D eigenvalue weighted by atomic mass is 10.1. The first kappa shape index (κ1) is 15.9. The van der Waals surface area contributed by atoms with Crippen LogP contribution in [-0.2, 0) is 16.2 Å². The van der Waals surface area contributed by atoms with Gasteiger partial charge in [-0.15, -0.1) is 10.2 Å². The minimum atomic E-state index is -4.49. The van der Waals surface area contributed by atoms with E-state index >= 15 is 0 Å². The number of nitrogens with one attached hydrogen (secondary N) is 1. The van der Waals surface area contributed by atoms with E-state index in [0.29, 0.717) is 37.3 Å². The van der Waals surface area contributed by atoms with E-state index in [1.807, 2.05) is 0 Å². The molecule has 1 saturated carbocycles. The largest absolute Gasteiger partial charge is 0.445 e. The molecule has 2 fully saturated rings. The fraction of sp³-hybridized carbons (Fsp3) is 0.818. The number of hydrogen-bond donors (Lipinski definition) is 1. The van der Waals surface area contributed by atoms with Gasteiger partial charge >= 0.3 is 6.18 Å². The number of hydrogen-bond acceptors (Lipinski definition) is 6. The topological polar surface area (TPSA) is 75.2 Å². The number of anilines is 1. The van der Waals surface area contributed by atoms with E-state index in [1.165, 1.54) is 4.31 Å². The average molecular weight is 356 g/mol. The van der Waals surface area contributed by atoms with E-state index in [2.05, 4.69) is 15.5 Å². The van der Waals surface area contributed by atoms with Gasteiger partial charge in [0.15, 0.2) is 0 Å². The summed E-state index contributed by atoms with van der Waals surface area (Å²) in [5.41, 5.74) is 0. The second-order valence-corrected chi connectivity index (χ2v) is 8.66. The van der Waals surface area contributed by atoms with Crippen LogP contribution in [0.5, 0.6) is 0 Å². The summed E-state index contributed by atoms with van der Waals surface area (Å²) in [6.45, 7) is 0.781. The molecule has 1 aromatic rings. The lowest BCUT2D eigenvalue weighted by molar-refractivity contribution is -0.138. The molecule has 22 heavy (non-hydrogen) atoms. The molecule has 0 spiro atoms. The first-order chi connectivity index (χ1) is 10.3. The highest BCUT2D eigenvalue weighted by atomic mass is 32.2. The molecule has 2 aliphatic rings. The van der Waals surface area contributed by atoms with Crippen molar-refractivity contribution in [2.45, 2.75) is 43.2 Å². The summed E-state index contributed by atoms with van der Waals surface area (Å²) in [4.78, 5) is 0. The molecule has 0 atom stereocenters. The first-order valence-corrected chi connectivity index (χ1v) is 9.25. The molecule has 11 heteroatoms. The molecule has 1 N–H and O–H groups in total. The third-order valence-electron chi connectivity index (χ3n) is 3.75. The van der Waals surface area contributed by atoms with Gasteiger partial charge in [-0.3, -0.25) is 0 Å². The Morgan fingerprint density at radius 2 is 1.77 bits per heavy atom. The summed E-state index contributed by atoms with van der Waals surface area (Å²) in [5.74, 6) is 0. The van der Waals surface area contributed by atoms with Crippen LogP contribution in [0.3, 0.4) is 0 Å². The summed E-state index contributed by atoms with van der Waals surface area (Å²) in [6, 6.07) is -0.0836. The van der Waals surface area contributed by atoms with Crippen molar-refractivity contribution >= 4 is 26.5 Å². The van der Waals surface area contributed by atoms with E-state index in [4.69, 9.17) is 0 Å². The first-order valence-electron chi connectivity index (χ1n) is 6.93. The third-order valence-corrected chi connectivity index (χ3v) is 7.05. The predicted molar refractivity (Wildman–Crippen MR) is 75.1 cm³/mol.